The molecule has 1 aromatic carbocycles. The van der Waals surface area contributed by atoms with Crippen LogP contribution in [0.1, 0.15) is 27.6 Å². The van der Waals surface area contributed by atoms with Gasteiger partial charge in [-0.3, -0.25) is 10.2 Å². The zero-order chi connectivity index (χ0) is 15.0. The molecule has 108 valence electrons. The summed E-state index contributed by atoms with van der Waals surface area (Å²) >= 11 is 0. The molecule has 0 saturated carbocycles. The van der Waals surface area contributed by atoms with E-state index >= 15 is 0 Å². The Labute approximate surface area is 122 Å². The van der Waals surface area contributed by atoms with Crippen LogP contribution in [0.2, 0.25) is 0 Å². The van der Waals surface area contributed by atoms with Crippen molar-refractivity contribution in [1.82, 2.24) is 9.99 Å². The van der Waals surface area contributed by atoms with Crippen LogP contribution in [0.25, 0.3) is 10.9 Å². The first kappa shape index (κ1) is 13.5. The fourth-order valence-corrected chi connectivity index (χ4v) is 2.59. The molecule has 0 spiro atoms. The number of nitrogen functional groups attached to an aromatic ring is 1. The van der Waals surface area contributed by atoms with Gasteiger partial charge in [-0.15, -0.1) is 0 Å². The third-order valence-electron chi connectivity index (χ3n) is 3.72. The number of furan rings is 1. The SMILES string of the molecule is Cc1oc(C(=O)NN)cc1Cn1c(C)cc2ccccc21. The lowest BCUT2D eigenvalue weighted by molar-refractivity contribution is 0.0924. The third-order valence-corrected chi connectivity index (χ3v) is 3.72. The number of hydrazine groups is 1. The Morgan fingerprint density at radius 1 is 1.29 bits per heavy atom. The van der Waals surface area contributed by atoms with Gasteiger partial charge in [0.2, 0.25) is 0 Å². The van der Waals surface area contributed by atoms with Crippen molar-refractivity contribution in [3.8, 4) is 0 Å². The maximum absolute atomic E-state index is 11.5. The molecule has 2 heterocycles. The molecule has 3 aromatic rings. The van der Waals surface area contributed by atoms with Gasteiger partial charge < -0.3 is 8.98 Å². The highest BCUT2D eigenvalue weighted by molar-refractivity contribution is 5.91. The molecule has 0 aliphatic rings. The monoisotopic (exact) mass is 283 g/mol. The number of carbonyl (C=O) groups excluding carboxylic acids is 1. The normalized spacial score (nSPS) is 11.0. The second kappa shape index (κ2) is 5.10. The van der Waals surface area contributed by atoms with E-state index in [4.69, 9.17) is 10.3 Å². The van der Waals surface area contributed by atoms with E-state index in [-0.39, 0.29) is 5.76 Å². The van der Waals surface area contributed by atoms with Gasteiger partial charge in [-0.2, -0.15) is 0 Å². The molecule has 0 aliphatic heterocycles. The number of hydrogen-bond donors (Lipinski definition) is 2. The number of benzene rings is 1. The van der Waals surface area contributed by atoms with E-state index in [9.17, 15) is 4.79 Å². The molecule has 2 aromatic heterocycles. The maximum Gasteiger partial charge on any atom is 0.300 e. The molecule has 0 unspecified atom stereocenters. The Morgan fingerprint density at radius 3 is 2.81 bits per heavy atom. The zero-order valence-electron chi connectivity index (χ0n) is 12.0. The minimum atomic E-state index is -0.418. The molecule has 1 amide bonds. The number of nitrogens with zero attached hydrogens (tertiary/aromatic N) is 1. The van der Waals surface area contributed by atoms with Crippen molar-refractivity contribution in [2.45, 2.75) is 20.4 Å². The molecule has 0 atom stereocenters. The van der Waals surface area contributed by atoms with Gasteiger partial charge >= 0.3 is 5.91 Å². The van der Waals surface area contributed by atoms with Crippen LogP contribution in [-0.2, 0) is 6.54 Å². The second-order valence-corrected chi connectivity index (χ2v) is 5.10. The van der Waals surface area contributed by atoms with Crippen molar-refractivity contribution in [1.29, 1.82) is 0 Å². The maximum atomic E-state index is 11.5. The number of aryl methyl sites for hydroxylation is 2. The number of aromatic nitrogens is 1. The lowest BCUT2D eigenvalue weighted by Gasteiger charge is -2.07. The standard InChI is InChI=1S/C16H17N3O2/c1-10-7-12-5-3-4-6-14(12)19(10)9-13-8-15(16(20)18-17)21-11(13)2/h3-8H,9,17H2,1-2H3,(H,18,20). The highest BCUT2D eigenvalue weighted by atomic mass is 16.4. The van der Waals surface area contributed by atoms with Crippen molar-refractivity contribution >= 4 is 16.8 Å². The molecule has 21 heavy (non-hydrogen) atoms. The summed E-state index contributed by atoms with van der Waals surface area (Å²) in [4.78, 5) is 11.5. The number of amides is 1. The van der Waals surface area contributed by atoms with E-state index in [0.717, 1.165) is 11.3 Å². The summed E-state index contributed by atoms with van der Waals surface area (Å²) < 4.78 is 7.67. The summed E-state index contributed by atoms with van der Waals surface area (Å²) in [6, 6.07) is 12.1. The highest BCUT2D eigenvalue weighted by Gasteiger charge is 2.15. The van der Waals surface area contributed by atoms with E-state index in [1.807, 2.05) is 19.1 Å². The minimum absolute atomic E-state index is 0.235. The predicted octanol–water partition coefficient (Wildman–Crippen LogP) is 2.50. The van der Waals surface area contributed by atoms with Crippen LogP contribution in [0.5, 0.6) is 0 Å². The zero-order valence-corrected chi connectivity index (χ0v) is 12.0. The average molecular weight is 283 g/mol. The number of nitrogens with two attached hydrogens (primary N) is 1. The predicted molar refractivity (Wildman–Crippen MR) is 80.9 cm³/mol. The van der Waals surface area contributed by atoms with Crippen LogP contribution >= 0.6 is 0 Å². The van der Waals surface area contributed by atoms with Gasteiger partial charge in [0.1, 0.15) is 5.76 Å². The van der Waals surface area contributed by atoms with Crippen LogP contribution in [-0.4, -0.2) is 10.5 Å². The third kappa shape index (κ3) is 2.32. The molecule has 0 aliphatic carbocycles. The average Bonchev–Trinajstić information content (AvgIpc) is 3.00. The smallest absolute Gasteiger partial charge is 0.300 e. The summed E-state index contributed by atoms with van der Waals surface area (Å²) in [5, 5.41) is 1.20. The van der Waals surface area contributed by atoms with Gasteiger partial charge in [0.05, 0.1) is 6.54 Å². The number of nitrogens with one attached hydrogen (secondary N) is 1. The molecular formula is C16H17N3O2. The van der Waals surface area contributed by atoms with Gasteiger partial charge in [0.25, 0.3) is 0 Å². The van der Waals surface area contributed by atoms with Crippen molar-refractivity contribution in [3.05, 3.63) is 59.2 Å². The molecule has 5 nitrogen and oxygen atoms in total. The van der Waals surface area contributed by atoms with Crippen molar-refractivity contribution in [3.63, 3.8) is 0 Å². The number of fused-ring (bicyclic) bond motifs is 1. The number of hydrogen-bond acceptors (Lipinski definition) is 3. The molecule has 3 N–H and O–H groups in total. The summed E-state index contributed by atoms with van der Waals surface area (Å²) in [6.45, 7) is 4.58. The largest absolute Gasteiger partial charge is 0.456 e. The molecule has 0 bridgehead atoms. The summed E-state index contributed by atoms with van der Waals surface area (Å²) in [7, 11) is 0. The first-order chi connectivity index (χ1) is 10.1. The summed E-state index contributed by atoms with van der Waals surface area (Å²) in [6.07, 6.45) is 0. The van der Waals surface area contributed by atoms with Crippen LogP contribution < -0.4 is 11.3 Å². The first-order valence-corrected chi connectivity index (χ1v) is 6.75. The molecule has 3 rings (SSSR count). The van der Waals surface area contributed by atoms with Crippen molar-refractivity contribution in [2.75, 3.05) is 0 Å². The number of para-hydroxylation sites is 1. The quantitative estimate of drug-likeness (QED) is 0.440. The van der Waals surface area contributed by atoms with Gasteiger partial charge in [0, 0.05) is 16.8 Å². The molecular weight excluding hydrogens is 266 g/mol. The topological polar surface area (TPSA) is 73.2 Å². The summed E-state index contributed by atoms with van der Waals surface area (Å²) in [5.74, 6) is 5.68. The lowest BCUT2D eigenvalue weighted by Crippen LogP contribution is -2.29. The fourth-order valence-electron chi connectivity index (χ4n) is 2.59. The highest BCUT2D eigenvalue weighted by Crippen LogP contribution is 2.23. The number of carbonyl (C=O) groups is 1. The molecule has 0 radical (unpaired) electrons. The summed E-state index contributed by atoms with van der Waals surface area (Å²) in [5.41, 5.74) is 5.39. The first-order valence-electron chi connectivity index (χ1n) is 6.75. The van der Waals surface area contributed by atoms with Crippen molar-refractivity contribution < 1.29 is 9.21 Å². The van der Waals surface area contributed by atoms with E-state index < -0.39 is 5.91 Å². The van der Waals surface area contributed by atoms with E-state index in [2.05, 4.69) is 35.1 Å². The lowest BCUT2D eigenvalue weighted by atomic mass is 10.2. The van der Waals surface area contributed by atoms with Gasteiger partial charge in [0.15, 0.2) is 5.76 Å². The van der Waals surface area contributed by atoms with Gasteiger partial charge in [-0.25, -0.2) is 5.84 Å². The van der Waals surface area contributed by atoms with E-state index in [1.54, 1.807) is 6.07 Å². The van der Waals surface area contributed by atoms with Crippen LogP contribution in [0.3, 0.4) is 0 Å². The Bertz CT molecular complexity index is 814. The fraction of sp³-hybridized carbons (Fsp3) is 0.188. The van der Waals surface area contributed by atoms with Crippen LogP contribution in [0.15, 0.2) is 40.8 Å². The Kier molecular flexibility index (Phi) is 3.27. The van der Waals surface area contributed by atoms with Crippen LogP contribution in [0.4, 0.5) is 0 Å². The van der Waals surface area contributed by atoms with E-state index in [1.165, 1.54) is 16.6 Å². The molecule has 5 heteroatoms. The second-order valence-electron chi connectivity index (χ2n) is 5.10. The molecule has 0 fully saturated rings. The van der Waals surface area contributed by atoms with Crippen molar-refractivity contribution in [2.24, 2.45) is 5.84 Å². The Hall–Kier alpha value is -2.53. The Balaban J connectivity index is 2.01. The van der Waals surface area contributed by atoms with Crippen LogP contribution in [0, 0.1) is 13.8 Å². The minimum Gasteiger partial charge on any atom is -0.456 e. The van der Waals surface area contributed by atoms with Gasteiger partial charge in [-0.1, -0.05) is 18.2 Å². The van der Waals surface area contributed by atoms with E-state index in [0.29, 0.717) is 6.54 Å². The Morgan fingerprint density at radius 2 is 2.05 bits per heavy atom. The van der Waals surface area contributed by atoms with Gasteiger partial charge in [-0.05, 0) is 37.4 Å². The molecule has 0 saturated heterocycles. The number of rotatable bonds is 3.